The Balaban J connectivity index is 2.17. The van der Waals surface area contributed by atoms with Crippen molar-refractivity contribution in [1.82, 2.24) is 4.90 Å². The molecule has 0 saturated heterocycles. The lowest BCUT2D eigenvalue weighted by molar-refractivity contribution is 0.115. The molecule has 0 aliphatic heterocycles. The van der Waals surface area contributed by atoms with Crippen LogP contribution in [-0.2, 0) is 0 Å². The topological polar surface area (TPSA) is 29.3 Å². The number of rotatable bonds is 5. The Kier molecular flexibility index (Phi) is 6.34. The molecule has 1 heterocycles. The van der Waals surface area contributed by atoms with E-state index in [4.69, 9.17) is 5.73 Å². The maximum absolute atomic E-state index is 6.08. The third-order valence-electron chi connectivity index (χ3n) is 4.03. The van der Waals surface area contributed by atoms with Crippen LogP contribution in [0.5, 0.6) is 0 Å². The molecule has 19 heavy (non-hydrogen) atoms. The maximum Gasteiger partial charge on any atom is 0.0843 e. The van der Waals surface area contributed by atoms with Crippen molar-refractivity contribution >= 4 is 43.2 Å². The zero-order valence-corrected chi connectivity index (χ0v) is 15.4. The number of nitrogens with zero attached hydrogens (tertiary/aromatic N) is 1. The van der Waals surface area contributed by atoms with Crippen molar-refractivity contribution in [3.8, 4) is 0 Å². The molecule has 1 unspecified atom stereocenters. The Morgan fingerprint density at radius 2 is 2.05 bits per heavy atom. The summed E-state index contributed by atoms with van der Waals surface area (Å²) < 4.78 is 2.31. The molecule has 1 aromatic rings. The van der Waals surface area contributed by atoms with Gasteiger partial charge in [-0.15, -0.1) is 11.3 Å². The Morgan fingerprint density at radius 1 is 1.37 bits per heavy atom. The van der Waals surface area contributed by atoms with Gasteiger partial charge in [0.2, 0.25) is 0 Å². The van der Waals surface area contributed by atoms with Crippen molar-refractivity contribution in [3.63, 3.8) is 0 Å². The predicted octanol–water partition coefficient (Wildman–Crippen LogP) is 4.93. The maximum atomic E-state index is 6.08. The third kappa shape index (κ3) is 3.82. The molecule has 1 saturated carbocycles. The Hall–Kier alpha value is 0.580. The van der Waals surface area contributed by atoms with E-state index in [9.17, 15) is 0 Å². The average Bonchev–Trinajstić information content (AvgIpc) is 2.76. The number of hydrogen-bond acceptors (Lipinski definition) is 3. The van der Waals surface area contributed by atoms with Gasteiger partial charge in [0.15, 0.2) is 0 Å². The van der Waals surface area contributed by atoms with Gasteiger partial charge in [0.1, 0.15) is 0 Å². The minimum Gasteiger partial charge on any atom is -0.329 e. The van der Waals surface area contributed by atoms with E-state index < -0.39 is 0 Å². The van der Waals surface area contributed by atoms with Crippen LogP contribution >= 0.6 is 43.2 Å². The van der Waals surface area contributed by atoms with E-state index in [0.29, 0.717) is 18.6 Å². The summed E-state index contributed by atoms with van der Waals surface area (Å²) in [5.41, 5.74) is 6.08. The van der Waals surface area contributed by atoms with E-state index in [1.54, 1.807) is 11.3 Å². The first-order valence-corrected chi connectivity index (χ1v) is 9.48. The van der Waals surface area contributed by atoms with Crippen molar-refractivity contribution in [2.45, 2.75) is 51.1 Å². The number of thiophene rings is 1. The van der Waals surface area contributed by atoms with Crippen LogP contribution in [-0.4, -0.2) is 24.0 Å². The van der Waals surface area contributed by atoms with Gasteiger partial charge in [-0.3, -0.25) is 4.90 Å². The van der Waals surface area contributed by atoms with Gasteiger partial charge < -0.3 is 5.73 Å². The van der Waals surface area contributed by atoms with Crippen LogP contribution < -0.4 is 5.73 Å². The van der Waals surface area contributed by atoms with Crippen LogP contribution in [0.4, 0.5) is 0 Å². The molecule has 0 spiro atoms. The highest BCUT2D eigenvalue weighted by molar-refractivity contribution is 9.13. The number of halogens is 2. The first-order chi connectivity index (χ1) is 9.17. The van der Waals surface area contributed by atoms with Crippen molar-refractivity contribution < 1.29 is 0 Å². The van der Waals surface area contributed by atoms with Crippen LogP contribution in [0.25, 0.3) is 0 Å². The minimum atomic E-state index is 0.362. The predicted molar refractivity (Wildman–Crippen MR) is 90.8 cm³/mol. The summed E-state index contributed by atoms with van der Waals surface area (Å²) in [5.74, 6) is 0. The van der Waals surface area contributed by atoms with Crippen LogP contribution in [0, 0.1) is 0 Å². The fraction of sp³-hybridized carbons (Fsp3) is 0.714. The second-order valence-electron chi connectivity index (χ2n) is 5.14. The molecule has 2 N–H and O–H groups in total. The highest BCUT2D eigenvalue weighted by atomic mass is 79.9. The summed E-state index contributed by atoms with van der Waals surface area (Å²) >= 11 is 8.98. The molecule has 5 heteroatoms. The SMILES string of the molecule is CCN(C1CCCCC1)C(CN)c1cc(Br)c(Br)s1. The molecule has 1 aliphatic carbocycles. The van der Waals surface area contributed by atoms with Crippen molar-refractivity contribution in [2.75, 3.05) is 13.1 Å². The number of likely N-dealkylation sites (N-methyl/N-ethyl adjacent to an activating group) is 1. The van der Waals surface area contributed by atoms with Gasteiger partial charge in [0, 0.05) is 21.9 Å². The zero-order chi connectivity index (χ0) is 13.8. The van der Waals surface area contributed by atoms with Gasteiger partial charge in [-0.25, -0.2) is 0 Å². The van der Waals surface area contributed by atoms with Gasteiger partial charge in [0.05, 0.1) is 9.83 Å². The van der Waals surface area contributed by atoms with Crippen molar-refractivity contribution in [1.29, 1.82) is 0 Å². The van der Waals surface area contributed by atoms with E-state index >= 15 is 0 Å². The number of hydrogen-bond donors (Lipinski definition) is 1. The minimum absolute atomic E-state index is 0.362. The normalized spacial score (nSPS) is 19.0. The Morgan fingerprint density at radius 3 is 2.53 bits per heavy atom. The molecular formula is C14H22Br2N2S. The summed E-state index contributed by atoms with van der Waals surface area (Å²) in [6, 6.07) is 3.30. The Bertz CT molecular complexity index is 383. The van der Waals surface area contributed by atoms with E-state index in [2.05, 4.69) is 49.7 Å². The molecule has 1 fully saturated rings. The molecular weight excluding hydrogens is 388 g/mol. The molecule has 0 aromatic carbocycles. The van der Waals surface area contributed by atoms with E-state index in [1.807, 2.05) is 0 Å². The van der Waals surface area contributed by atoms with E-state index in [1.165, 1.54) is 40.8 Å². The summed E-state index contributed by atoms with van der Waals surface area (Å²) in [6.45, 7) is 4.04. The first kappa shape index (κ1) is 16.0. The second kappa shape index (κ2) is 7.55. The fourth-order valence-corrected chi connectivity index (χ4v) is 5.31. The van der Waals surface area contributed by atoms with Gasteiger partial charge in [0.25, 0.3) is 0 Å². The summed E-state index contributed by atoms with van der Waals surface area (Å²) in [7, 11) is 0. The van der Waals surface area contributed by atoms with E-state index in [-0.39, 0.29) is 0 Å². The largest absolute Gasteiger partial charge is 0.329 e. The van der Waals surface area contributed by atoms with Crippen molar-refractivity contribution in [3.05, 3.63) is 19.2 Å². The quantitative estimate of drug-likeness (QED) is 0.746. The summed E-state index contributed by atoms with van der Waals surface area (Å²) in [5, 5.41) is 0. The monoisotopic (exact) mass is 408 g/mol. The summed E-state index contributed by atoms with van der Waals surface area (Å²) in [6.07, 6.45) is 6.81. The van der Waals surface area contributed by atoms with Gasteiger partial charge in [-0.2, -0.15) is 0 Å². The van der Waals surface area contributed by atoms with E-state index in [0.717, 1.165) is 11.0 Å². The molecule has 2 rings (SSSR count). The number of nitrogens with two attached hydrogens (primary N) is 1. The molecule has 0 amide bonds. The molecule has 108 valence electrons. The van der Waals surface area contributed by atoms with Crippen LogP contribution in [0.15, 0.2) is 14.3 Å². The lowest BCUT2D eigenvalue weighted by atomic mass is 9.93. The standard InChI is InChI=1S/C14H22Br2N2S/c1-2-18(10-6-4-3-5-7-10)12(9-17)13-8-11(15)14(16)19-13/h8,10,12H,2-7,9,17H2,1H3. The molecule has 1 aliphatic rings. The molecule has 0 radical (unpaired) electrons. The van der Waals surface area contributed by atoms with Crippen LogP contribution in [0.3, 0.4) is 0 Å². The first-order valence-electron chi connectivity index (χ1n) is 7.07. The molecule has 0 bridgehead atoms. The van der Waals surface area contributed by atoms with Gasteiger partial charge >= 0.3 is 0 Å². The average molecular weight is 410 g/mol. The molecule has 1 aromatic heterocycles. The second-order valence-corrected chi connectivity index (χ2v) is 8.40. The van der Waals surface area contributed by atoms with Crippen molar-refractivity contribution in [2.24, 2.45) is 5.73 Å². The smallest absolute Gasteiger partial charge is 0.0843 e. The zero-order valence-electron chi connectivity index (χ0n) is 11.4. The van der Waals surface area contributed by atoms with Crippen LogP contribution in [0.1, 0.15) is 49.9 Å². The molecule has 1 atom stereocenters. The highest BCUT2D eigenvalue weighted by Gasteiger charge is 2.28. The molecule has 2 nitrogen and oxygen atoms in total. The fourth-order valence-electron chi connectivity index (χ4n) is 3.09. The lowest BCUT2D eigenvalue weighted by Crippen LogP contribution is -2.42. The highest BCUT2D eigenvalue weighted by Crippen LogP contribution is 2.38. The van der Waals surface area contributed by atoms with Crippen LogP contribution in [0.2, 0.25) is 0 Å². The Labute approximate surface area is 137 Å². The van der Waals surface area contributed by atoms with Gasteiger partial charge in [-0.05, 0) is 57.3 Å². The third-order valence-corrected chi connectivity index (χ3v) is 7.38. The lowest BCUT2D eigenvalue weighted by Gasteiger charge is -2.38. The van der Waals surface area contributed by atoms with Gasteiger partial charge in [-0.1, -0.05) is 26.2 Å². The summed E-state index contributed by atoms with van der Waals surface area (Å²) in [4.78, 5) is 3.98.